The van der Waals surface area contributed by atoms with E-state index in [0.717, 1.165) is 18.8 Å². The molecule has 0 radical (unpaired) electrons. The Morgan fingerprint density at radius 2 is 1.94 bits per heavy atom. The van der Waals surface area contributed by atoms with Crippen molar-refractivity contribution >= 4 is 11.4 Å². The molecule has 3 nitrogen and oxygen atoms in total. The third-order valence-electron chi connectivity index (χ3n) is 3.12. The van der Waals surface area contributed by atoms with E-state index in [9.17, 15) is 4.39 Å². The monoisotopic (exact) mass is 253 g/mol. The predicted molar refractivity (Wildman–Crippen MR) is 76.6 cm³/mol. The zero-order valence-electron chi connectivity index (χ0n) is 12.0. The SMILES string of the molecule is CCN(c1cc(C)c(F)cc1N)C(C)CN(C)C. The van der Waals surface area contributed by atoms with Crippen molar-refractivity contribution in [3.8, 4) is 0 Å². The Labute approximate surface area is 109 Å². The fourth-order valence-corrected chi connectivity index (χ4v) is 2.28. The van der Waals surface area contributed by atoms with Gasteiger partial charge in [0.2, 0.25) is 0 Å². The number of nitrogen functional groups attached to an aromatic ring is 1. The highest BCUT2D eigenvalue weighted by molar-refractivity contribution is 5.69. The second kappa shape index (κ2) is 6.05. The van der Waals surface area contributed by atoms with Crippen LogP contribution >= 0.6 is 0 Å². The van der Waals surface area contributed by atoms with Crippen LogP contribution in [0.3, 0.4) is 0 Å². The van der Waals surface area contributed by atoms with Crippen LogP contribution in [0.5, 0.6) is 0 Å². The molecule has 18 heavy (non-hydrogen) atoms. The highest BCUT2D eigenvalue weighted by Crippen LogP contribution is 2.28. The van der Waals surface area contributed by atoms with E-state index in [2.05, 4.69) is 23.6 Å². The molecular formula is C14H24FN3. The first-order valence-corrected chi connectivity index (χ1v) is 6.33. The van der Waals surface area contributed by atoms with Gasteiger partial charge in [0.05, 0.1) is 11.4 Å². The summed E-state index contributed by atoms with van der Waals surface area (Å²) in [5.74, 6) is -0.243. The van der Waals surface area contributed by atoms with Gasteiger partial charge in [-0.2, -0.15) is 0 Å². The Morgan fingerprint density at radius 1 is 1.33 bits per heavy atom. The van der Waals surface area contributed by atoms with E-state index in [1.165, 1.54) is 6.07 Å². The largest absolute Gasteiger partial charge is 0.397 e. The van der Waals surface area contributed by atoms with Crippen molar-refractivity contribution < 1.29 is 4.39 Å². The molecule has 4 heteroatoms. The lowest BCUT2D eigenvalue weighted by Gasteiger charge is -2.33. The van der Waals surface area contributed by atoms with Gasteiger partial charge in [-0.05, 0) is 52.6 Å². The van der Waals surface area contributed by atoms with Gasteiger partial charge >= 0.3 is 0 Å². The first-order chi connectivity index (χ1) is 8.36. The number of nitrogens with two attached hydrogens (primary N) is 1. The molecule has 1 aromatic rings. The summed E-state index contributed by atoms with van der Waals surface area (Å²) in [6, 6.07) is 3.58. The quantitative estimate of drug-likeness (QED) is 0.818. The average Bonchev–Trinajstić information content (AvgIpc) is 2.25. The van der Waals surface area contributed by atoms with Gasteiger partial charge in [0.25, 0.3) is 0 Å². The minimum atomic E-state index is -0.243. The van der Waals surface area contributed by atoms with Crippen molar-refractivity contribution in [2.45, 2.75) is 26.8 Å². The molecule has 0 amide bonds. The smallest absolute Gasteiger partial charge is 0.128 e. The highest BCUT2D eigenvalue weighted by Gasteiger charge is 2.17. The summed E-state index contributed by atoms with van der Waals surface area (Å²) in [6.07, 6.45) is 0. The summed E-state index contributed by atoms with van der Waals surface area (Å²) in [7, 11) is 4.09. The van der Waals surface area contributed by atoms with Crippen LogP contribution in [0.1, 0.15) is 19.4 Å². The van der Waals surface area contributed by atoms with Crippen molar-refractivity contribution in [3.63, 3.8) is 0 Å². The number of nitrogens with zero attached hydrogens (tertiary/aromatic N) is 2. The number of anilines is 2. The molecule has 0 heterocycles. The topological polar surface area (TPSA) is 32.5 Å². The van der Waals surface area contributed by atoms with Crippen LogP contribution in [0.25, 0.3) is 0 Å². The van der Waals surface area contributed by atoms with Gasteiger partial charge in [0, 0.05) is 19.1 Å². The van der Waals surface area contributed by atoms with E-state index in [4.69, 9.17) is 5.73 Å². The number of benzene rings is 1. The molecule has 0 aliphatic rings. The molecule has 1 aromatic carbocycles. The van der Waals surface area contributed by atoms with Crippen LogP contribution in [-0.2, 0) is 0 Å². The molecule has 1 atom stereocenters. The van der Waals surface area contributed by atoms with Gasteiger partial charge in [-0.1, -0.05) is 0 Å². The normalized spacial score (nSPS) is 12.8. The zero-order chi connectivity index (χ0) is 13.9. The molecule has 0 aromatic heterocycles. The summed E-state index contributed by atoms with van der Waals surface area (Å²) in [5.41, 5.74) is 8.00. The molecule has 0 saturated carbocycles. The average molecular weight is 253 g/mol. The Hall–Kier alpha value is -1.29. The number of hydrogen-bond acceptors (Lipinski definition) is 3. The maximum atomic E-state index is 13.4. The van der Waals surface area contributed by atoms with Crippen LogP contribution in [-0.4, -0.2) is 38.1 Å². The fourth-order valence-electron chi connectivity index (χ4n) is 2.28. The summed E-state index contributed by atoms with van der Waals surface area (Å²) in [5, 5.41) is 0. The number of rotatable bonds is 5. The van der Waals surface area contributed by atoms with Gasteiger partial charge in [0.1, 0.15) is 5.82 Å². The minimum Gasteiger partial charge on any atom is -0.397 e. The standard InChI is InChI=1S/C14H24FN3/c1-6-18(11(3)9-17(4)5)14-7-10(2)12(15)8-13(14)16/h7-8,11H,6,9,16H2,1-5H3. The fraction of sp³-hybridized carbons (Fsp3) is 0.571. The molecule has 0 bridgehead atoms. The Bertz CT molecular complexity index is 404. The van der Waals surface area contributed by atoms with Gasteiger partial charge < -0.3 is 15.5 Å². The van der Waals surface area contributed by atoms with Gasteiger partial charge in [-0.3, -0.25) is 0 Å². The summed E-state index contributed by atoms with van der Waals surface area (Å²) in [6.45, 7) is 7.79. The van der Waals surface area contributed by atoms with Crippen molar-refractivity contribution in [3.05, 3.63) is 23.5 Å². The van der Waals surface area contributed by atoms with Gasteiger partial charge in [-0.15, -0.1) is 0 Å². The third-order valence-corrected chi connectivity index (χ3v) is 3.12. The molecule has 0 saturated heterocycles. The molecule has 0 aliphatic carbocycles. The molecule has 1 rings (SSSR count). The molecular weight excluding hydrogens is 229 g/mol. The zero-order valence-corrected chi connectivity index (χ0v) is 12.0. The maximum absolute atomic E-state index is 13.4. The van der Waals surface area contributed by atoms with E-state index in [0.29, 0.717) is 17.3 Å². The third kappa shape index (κ3) is 3.35. The van der Waals surface area contributed by atoms with E-state index in [-0.39, 0.29) is 5.82 Å². The van der Waals surface area contributed by atoms with E-state index >= 15 is 0 Å². The number of hydrogen-bond donors (Lipinski definition) is 1. The van der Waals surface area contributed by atoms with Crippen LogP contribution in [0, 0.1) is 12.7 Å². The maximum Gasteiger partial charge on any atom is 0.128 e. The summed E-state index contributed by atoms with van der Waals surface area (Å²) < 4.78 is 13.4. The summed E-state index contributed by atoms with van der Waals surface area (Å²) >= 11 is 0. The Morgan fingerprint density at radius 3 is 2.44 bits per heavy atom. The van der Waals surface area contributed by atoms with Crippen molar-refractivity contribution in [1.82, 2.24) is 4.90 Å². The van der Waals surface area contributed by atoms with Crippen LogP contribution in [0.15, 0.2) is 12.1 Å². The molecule has 0 spiro atoms. The summed E-state index contributed by atoms with van der Waals surface area (Å²) in [4.78, 5) is 4.35. The van der Waals surface area contributed by atoms with Crippen molar-refractivity contribution in [1.29, 1.82) is 0 Å². The van der Waals surface area contributed by atoms with Crippen molar-refractivity contribution in [2.24, 2.45) is 0 Å². The molecule has 2 N–H and O–H groups in total. The van der Waals surface area contributed by atoms with Gasteiger partial charge in [-0.25, -0.2) is 4.39 Å². The number of halogens is 1. The predicted octanol–water partition coefficient (Wildman–Crippen LogP) is 2.49. The molecule has 0 fully saturated rings. The van der Waals surface area contributed by atoms with E-state index in [1.807, 2.05) is 20.2 Å². The lowest BCUT2D eigenvalue weighted by molar-refractivity contribution is 0.373. The lowest BCUT2D eigenvalue weighted by atomic mass is 10.1. The van der Waals surface area contributed by atoms with Crippen LogP contribution < -0.4 is 10.6 Å². The van der Waals surface area contributed by atoms with Crippen LogP contribution in [0.4, 0.5) is 15.8 Å². The first kappa shape index (κ1) is 14.8. The molecule has 0 aliphatic heterocycles. The van der Waals surface area contributed by atoms with Crippen molar-refractivity contribution in [2.75, 3.05) is 37.8 Å². The first-order valence-electron chi connectivity index (χ1n) is 6.33. The Balaban J connectivity index is 3.05. The van der Waals surface area contributed by atoms with Gasteiger partial charge in [0.15, 0.2) is 0 Å². The van der Waals surface area contributed by atoms with E-state index < -0.39 is 0 Å². The van der Waals surface area contributed by atoms with Crippen LogP contribution in [0.2, 0.25) is 0 Å². The number of likely N-dealkylation sites (N-methyl/N-ethyl adjacent to an activating group) is 2. The molecule has 1 unspecified atom stereocenters. The highest BCUT2D eigenvalue weighted by atomic mass is 19.1. The molecule has 102 valence electrons. The lowest BCUT2D eigenvalue weighted by Crippen LogP contribution is -2.40. The minimum absolute atomic E-state index is 0.243. The number of aryl methyl sites for hydroxylation is 1. The second-order valence-corrected chi connectivity index (χ2v) is 5.06. The Kier molecular flexibility index (Phi) is 4.96. The van der Waals surface area contributed by atoms with E-state index in [1.54, 1.807) is 6.92 Å². The second-order valence-electron chi connectivity index (χ2n) is 5.06.